The second kappa shape index (κ2) is 9.19. The maximum atomic E-state index is 11.5. The molecule has 5 heteroatoms. The van der Waals surface area contributed by atoms with Gasteiger partial charge in [0.25, 0.3) is 0 Å². The van der Waals surface area contributed by atoms with E-state index in [0.717, 1.165) is 43.9 Å². The smallest absolute Gasteiger partial charge is 0.744 e. The quantitative estimate of drug-likeness (QED) is 0.565. The molecule has 0 aliphatic heterocycles. The van der Waals surface area contributed by atoms with E-state index in [9.17, 15) is 13.0 Å². The van der Waals surface area contributed by atoms with Gasteiger partial charge in [0, 0.05) is 0 Å². The number of benzene rings is 2. The summed E-state index contributed by atoms with van der Waals surface area (Å²) in [6, 6.07) is 8.80. The Morgan fingerprint density at radius 2 is 1.57 bits per heavy atom. The van der Waals surface area contributed by atoms with Crippen molar-refractivity contribution in [1.29, 1.82) is 0 Å². The van der Waals surface area contributed by atoms with E-state index in [1.807, 2.05) is 12.1 Å². The van der Waals surface area contributed by atoms with Gasteiger partial charge in [0.05, 0.1) is 4.90 Å². The first kappa shape index (κ1) is 20.7. The van der Waals surface area contributed by atoms with E-state index in [1.165, 1.54) is 17.2 Å². The van der Waals surface area contributed by atoms with Gasteiger partial charge in [0.15, 0.2) is 0 Å². The van der Waals surface area contributed by atoms with Crippen molar-refractivity contribution in [3.8, 4) is 0 Å². The van der Waals surface area contributed by atoms with Crippen molar-refractivity contribution >= 4 is 20.9 Å². The third-order valence-corrected chi connectivity index (χ3v) is 4.97. The molecule has 0 bridgehead atoms. The van der Waals surface area contributed by atoms with Crippen LogP contribution in [0, 0.1) is 0 Å². The van der Waals surface area contributed by atoms with Crippen molar-refractivity contribution in [2.24, 2.45) is 0 Å². The summed E-state index contributed by atoms with van der Waals surface area (Å²) in [6.07, 6.45) is 6.31. The molecule has 0 aliphatic rings. The van der Waals surface area contributed by atoms with Crippen LogP contribution in [0.15, 0.2) is 35.2 Å². The molecular formula is C18H23NaO3S. The van der Waals surface area contributed by atoms with E-state index in [0.29, 0.717) is 5.39 Å². The summed E-state index contributed by atoms with van der Waals surface area (Å²) in [7, 11) is -4.45. The Morgan fingerprint density at radius 1 is 0.913 bits per heavy atom. The molecule has 0 amide bonds. The number of fused-ring (bicyclic) bond motifs is 1. The monoisotopic (exact) mass is 342 g/mol. The van der Waals surface area contributed by atoms with E-state index < -0.39 is 10.1 Å². The topological polar surface area (TPSA) is 57.2 Å². The molecule has 0 radical (unpaired) electrons. The number of hydrogen-bond donors (Lipinski definition) is 0. The van der Waals surface area contributed by atoms with Gasteiger partial charge < -0.3 is 4.55 Å². The second-order valence-corrected chi connectivity index (χ2v) is 7.06. The minimum absolute atomic E-state index is 0. The van der Waals surface area contributed by atoms with Crippen LogP contribution in [0.1, 0.15) is 50.7 Å². The van der Waals surface area contributed by atoms with E-state index in [1.54, 1.807) is 12.1 Å². The summed E-state index contributed by atoms with van der Waals surface area (Å²) in [5, 5.41) is 1.47. The molecule has 0 saturated carbocycles. The molecule has 0 N–H and O–H groups in total. The molecule has 0 spiro atoms. The second-order valence-electron chi connectivity index (χ2n) is 5.72. The normalized spacial score (nSPS) is 11.4. The summed E-state index contributed by atoms with van der Waals surface area (Å²) in [5.74, 6) is 0. The standard InChI is InChI=1S/C18H24O3S.Na/c1-3-5-8-14-12-13-17-16(15(14)9-6-4-2)10-7-11-18(17)22(19,20)21;/h7,10-13H,3-6,8-9H2,1-2H3,(H,19,20,21);/q;+1/p-1. The zero-order valence-corrected chi connectivity index (χ0v) is 17.1. The Balaban J connectivity index is 0.00000264. The third-order valence-electron chi connectivity index (χ3n) is 4.08. The van der Waals surface area contributed by atoms with Crippen molar-refractivity contribution in [1.82, 2.24) is 0 Å². The number of aryl methyl sites for hydroxylation is 2. The van der Waals surface area contributed by atoms with E-state index in [-0.39, 0.29) is 34.5 Å². The van der Waals surface area contributed by atoms with Gasteiger partial charge in [-0.05, 0) is 53.6 Å². The largest absolute Gasteiger partial charge is 1.00 e. The molecule has 0 saturated heterocycles. The minimum Gasteiger partial charge on any atom is -0.744 e. The van der Waals surface area contributed by atoms with Crippen molar-refractivity contribution in [2.75, 3.05) is 0 Å². The van der Waals surface area contributed by atoms with Crippen LogP contribution < -0.4 is 29.6 Å². The molecule has 0 heterocycles. The first-order valence-electron chi connectivity index (χ1n) is 7.98. The van der Waals surface area contributed by atoms with Gasteiger partial charge in [-0.1, -0.05) is 51.0 Å². The van der Waals surface area contributed by atoms with Gasteiger partial charge >= 0.3 is 29.6 Å². The molecule has 0 fully saturated rings. The zero-order valence-electron chi connectivity index (χ0n) is 14.3. The Morgan fingerprint density at radius 3 is 2.17 bits per heavy atom. The van der Waals surface area contributed by atoms with Crippen LogP contribution in [-0.2, 0) is 23.0 Å². The molecule has 0 aliphatic carbocycles. The molecule has 2 aromatic rings. The first-order chi connectivity index (χ1) is 10.5. The van der Waals surface area contributed by atoms with Crippen LogP contribution in [0.25, 0.3) is 10.8 Å². The van der Waals surface area contributed by atoms with Crippen LogP contribution in [0.2, 0.25) is 0 Å². The average Bonchev–Trinajstić information content (AvgIpc) is 2.49. The molecule has 120 valence electrons. The van der Waals surface area contributed by atoms with Crippen LogP contribution >= 0.6 is 0 Å². The summed E-state index contributed by atoms with van der Waals surface area (Å²) < 4.78 is 34.4. The molecule has 3 nitrogen and oxygen atoms in total. The van der Waals surface area contributed by atoms with E-state index in [2.05, 4.69) is 13.8 Å². The predicted octanol–water partition coefficient (Wildman–Crippen LogP) is 1.43. The molecule has 2 rings (SSSR count). The van der Waals surface area contributed by atoms with Gasteiger partial charge in [0.1, 0.15) is 10.1 Å². The molecule has 0 atom stereocenters. The maximum Gasteiger partial charge on any atom is 1.00 e. The van der Waals surface area contributed by atoms with Gasteiger partial charge in [-0.3, -0.25) is 0 Å². The van der Waals surface area contributed by atoms with Crippen LogP contribution in [0.5, 0.6) is 0 Å². The third kappa shape index (κ3) is 5.04. The summed E-state index contributed by atoms with van der Waals surface area (Å²) >= 11 is 0. The van der Waals surface area contributed by atoms with E-state index >= 15 is 0 Å². The van der Waals surface area contributed by atoms with Crippen LogP contribution in [-0.4, -0.2) is 13.0 Å². The number of unbranched alkanes of at least 4 members (excludes halogenated alkanes) is 2. The molecule has 0 aromatic heterocycles. The molecule has 23 heavy (non-hydrogen) atoms. The number of rotatable bonds is 7. The fourth-order valence-electron chi connectivity index (χ4n) is 2.90. The summed E-state index contributed by atoms with van der Waals surface area (Å²) in [6.45, 7) is 4.30. The SMILES string of the molecule is CCCCc1ccc2c(S(=O)(=O)[O-])cccc2c1CCCC.[Na+]. The molecule has 0 unspecified atom stereocenters. The fraction of sp³-hybridized carbons (Fsp3) is 0.444. The van der Waals surface area contributed by atoms with Crippen molar-refractivity contribution < 1.29 is 42.5 Å². The fourth-order valence-corrected chi connectivity index (χ4v) is 3.60. The number of hydrogen-bond acceptors (Lipinski definition) is 3. The Labute approximate surface area is 161 Å². The van der Waals surface area contributed by atoms with Crippen molar-refractivity contribution in [3.63, 3.8) is 0 Å². The van der Waals surface area contributed by atoms with Gasteiger partial charge in [-0.25, -0.2) is 8.42 Å². The van der Waals surface area contributed by atoms with Crippen molar-refractivity contribution in [2.45, 2.75) is 57.3 Å². The van der Waals surface area contributed by atoms with Crippen LogP contribution in [0.3, 0.4) is 0 Å². The van der Waals surface area contributed by atoms with Gasteiger partial charge in [0.2, 0.25) is 0 Å². The van der Waals surface area contributed by atoms with Crippen molar-refractivity contribution in [3.05, 3.63) is 41.5 Å². The average molecular weight is 342 g/mol. The molecular weight excluding hydrogens is 319 g/mol. The van der Waals surface area contributed by atoms with Gasteiger partial charge in [-0.15, -0.1) is 0 Å². The summed E-state index contributed by atoms with van der Waals surface area (Å²) in [5.41, 5.74) is 2.49. The van der Waals surface area contributed by atoms with E-state index in [4.69, 9.17) is 0 Å². The Kier molecular flexibility index (Phi) is 8.25. The Hall–Kier alpha value is -0.390. The minimum atomic E-state index is -4.45. The molecule has 2 aromatic carbocycles. The maximum absolute atomic E-state index is 11.5. The summed E-state index contributed by atoms with van der Waals surface area (Å²) in [4.78, 5) is -0.107. The first-order valence-corrected chi connectivity index (χ1v) is 9.39. The van der Waals surface area contributed by atoms with Crippen LogP contribution in [0.4, 0.5) is 0 Å². The zero-order chi connectivity index (χ0) is 16.2. The Bertz CT molecular complexity index is 754. The predicted molar refractivity (Wildman–Crippen MR) is 89.1 cm³/mol. The van der Waals surface area contributed by atoms with Gasteiger partial charge in [-0.2, -0.15) is 0 Å².